The molecule has 1 fully saturated rings. The van der Waals surface area contributed by atoms with Crippen molar-refractivity contribution < 1.29 is 4.74 Å². The molecule has 0 spiro atoms. The van der Waals surface area contributed by atoms with E-state index in [9.17, 15) is 0 Å². The van der Waals surface area contributed by atoms with Crippen LogP contribution < -0.4 is 10.6 Å². The third-order valence-corrected chi connectivity index (χ3v) is 2.40. The van der Waals surface area contributed by atoms with Gasteiger partial charge in [0.2, 0.25) is 0 Å². The third kappa shape index (κ3) is 4.61. The molecule has 0 aromatic rings. The largest absolute Gasteiger partial charge is 0.379 e. The van der Waals surface area contributed by atoms with Crippen LogP contribution in [0.2, 0.25) is 0 Å². The summed E-state index contributed by atoms with van der Waals surface area (Å²) in [5.41, 5.74) is 0. The Balaban J connectivity index is 2.06. The van der Waals surface area contributed by atoms with Gasteiger partial charge in [0.1, 0.15) is 0 Å². The molecule has 3 heteroatoms. The summed E-state index contributed by atoms with van der Waals surface area (Å²) >= 11 is 0. The van der Waals surface area contributed by atoms with E-state index in [1.54, 1.807) is 0 Å². The van der Waals surface area contributed by atoms with Crippen LogP contribution in [0, 0.1) is 12.3 Å². The van der Waals surface area contributed by atoms with Crippen LogP contribution in [0.25, 0.3) is 0 Å². The van der Waals surface area contributed by atoms with Gasteiger partial charge in [-0.3, -0.25) is 0 Å². The number of rotatable bonds is 5. The van der Waals surface area contributed by atoms with Gasteiger partial charge in [0, 0.05) is 31.6 Å². The zero-order valence-corrected chi connectivity index (χ0v) is 8.88. The van der Waals surface area contributed by atoms with Crippen molar-refractivity contribution in [3.63, 3.8) is 0 Å². The van der Waals surface area contributed by atoms with Gasteiger partial charge in [-0.05, 0) is 13.3 Å². The number of terminal acetylenes is 1. The van der Waals surface area contributed by atoms with Gasteiger partial charge in [-0.15, -0.1) is 12.3 Å². The Kier molecular flexibility index (Phi) is 5.62. The third-order valence-electron chi connectivity index (χ3n) is 2.40. The SMILES string of the molecule is C#CCCNC(C)CC1COCCN1. The summed E-state index contributed by atoms with van der Waals surface area (Å²) in [6.07, 6.45) is 7.08. The highest BCUT2D eigenvalue weighted by Gasteiger charge is 2.15. The van der Waals surface area contributed by atoms with Gasteiger partial charge in [-0.25, -0.2) is 0 Å². The number of hydrogen-bond acceptors (Lipinski definition) is 3. The van der Waals surface area contributed by atoms with E-state index < -0.39 is 0 Å². The lowest BCUT2D eigenvalue weighted by molar-refractivity contribution is 0.0713. The molecule has 0 aliphatic carbocycles. The fraction of sp³-hybridized carbons (Fsp3) is 0.818. The van der Waals surface area contributed by atoms with Gasteiger partial charge in [-0.1, -0.05) is 0 Å². The molecule has 0 aromatic carbocycles. The molecule has 0 radical (unpaired) electrons. The Morgan fingerprint density at radius 2 is 2.57 bits per heavy atom. The average molecular weight is 196 g/mol. The van der Waals surface area contributed by atoms with Crippen molar-refractivity contribution >= 4 is 0 Å². The lowest BCUT2D eigenvalue weighted by atomic mass is 10.1. The molecule has 80 valence electrons. The van der Waals surface area contributed by atoms with Crippen LogP contribution in [0.3, 0.4) is 0 Å². The molecule has 1 aliphatic heterocycles. The van der Waals surface area contributed by atoms with E-state index in [2.05, 4.69) is 23.5 Å². The maximum atomic E-state index is 5.39. The second kappa shape index (κ2) is 6.83. The topological polar surface area (TPSA) is 33.3 Å². The maximum Gasteiger partial charge on any atom is 0.0620 e. The van der Waals surface area contributed by atoms with Crippen LogP contribution in [-0.4, -0.2) is 38.4 Å². The van der Waals surface area contributed by atoms with Crippen molar-refractivity contribution in [3.8, 4) is 12.3 Å². The number of hydrogen-bond donors (Lipinski definition) is 2. The van der Waals surface area contributed by atoms with Crippen molar-refractivity contribution in [2.45, 2.75) is 31.8 Å². The normalized spacial score (nSPS) is 24.1. The van der Waals surface area contributed by atoms with Crippen molar-refractivity contribution in [2.75, 3.05) is 26.3 Å². The highest BCUT2D eigenvalue weighted by Crippen LogP contribution is 2.02. The van der Waals surface area contributed by atoms with Crippen LogP contribution in [0.15, 0.2) is 0 Å². The Bertz CT molecular complexity index is 182. The highest BCUT2D eigenvalue weighted by atomic mass is 16.5. The van der Waals surface area contributed by atoms with Crippen LogP contribution in [0.1, 0.15) is 19.8 Å². The molecule has 0 amide bonds. The Morgan fingerprint density at radius 3 is 3.21 bits per heavy atom. The Hall–Kier alpha value is -0.560. The fourth-order valence-corrected chi connectivity index (χ4v) is 1.67. The first-order chi connectivity index (χ1) is 6.83. The van der Waals surface area contributed by atoms with E-state index in [-0.39, 0.29) is 0 Å². The molecule has 1 saturated heterocycles. The summed E-state index contributed by atoms with van der Waals surface area (Å²) < 4.78 is 5.39. The molecule has 3 nitrogen and oxygen atoms in total. The zero-order valence-electron chi connectivity index (χ0n) is 8.88. The smallest absolute Gasteiger partial charge is 0.0620 e. The molecule has 0 aromatic heterocycles. The van der Waals surface area contributed by atoms with Gasteiger partial charge in [0.15, 0.2) is 0 Å². The van der Waals surface area contributed by atoms with Crippen LogP contribution in [-0.2, 0) is 4.74 Å². The van der Waals surface area contributed by atoms with E-state index in [1.165, 1.54) is 0 Å². The molecule has 1 aliphatic rings. The summed E-state index contributed by atoms with van der Waals surface area (Å²) in [4.78, 5) is 0. The molecule has 2 unspecified atom stereocenters. The van der Waals surface area contributed by atoms with Gasteiger partial charge in [-0.2, -0.15) is 0 Å². The fourth-order valence-electron chi connectivity index (χ4n) is 1.67. The van der Waals surface area contributed by atoms with Gasteiger partial charge < -0.3 is 15.4 Å². The van der Waals surface area contributed by atoms with E-state index >= 15 is 0 Å². The first kappa shape index (κ1) is 11.5. The Labute approximate surface area is 86.6 Å². The predicted molar refractivity (Wildman–Crippen MR) is 58.1 cm³/mol. The Morgan fingerprint density at radius 1 is 1.71 bits per heavy atom. The summed E-state index contributed by atoms with van der Waals surface area (Å²) in [6.45, 7) is 5.75. The van der Waals surface area contributed by atoms with Crippen molar-refractivity contribution in [3.05, 3.63) is 0 Å². The van der Waals surface area contributed by atoms with Gasteiger partial charge in [0.25, 0.3) is 0 Å². The number of morpholine rings is 1. The van der Waals surface area contributed by atoms with E-state index in [4.69, 9.17) is 11.2 Å². The molecule has 2 atom stereocenters. The minimum Gasteiger partial charge on any atom is -0.379 e. The standard InChI is InChI=1S/C11H20N2O/c1-3-4-5-12-10(2)8-11-9-14-7-6-13-11/h1,10-13H,4-9H2,2H3. The van der Waals surface area contributed by atoms with Gasteiger partial charge >= 0.3 is 0 Å². The maximum absolute atomic E-state index is 5.39. The average Bonchev–Trinajstić information content (AvgIpc) is 2.20. The van der Waals surface area contributed by atoms with Crippen LogP contribution in [0.5, 0.6) is 0 Å². The molecular formula is C11H20N2O. The lowest BCUT2D eigenvalue weighted by Crippen LogP contribution is -2.45. The van der Waals surface area contributed by atoms with Crippen LogP contribution >= 0.6 is 0 Å². The highest BCUT2D eigenvalue weighted by molar-refractivity contribution is 4.85. The minimum absolute atomic E-state index is 0.497. The zero-order chi connectivity index (χ0) is 10.2. The minimum atomic E-state index is 0.497. The molecule has 1 rings (SSSR count). The van der Waals surface area contributed by atoms with Crippen molar-refractivity contribution in [1.82, 2.24) is 10.6 Å². The molecule has 0 saturated carbocycles. The number of nitrogens with one attached hydrogen (secondary N) is 2. The van der Waals surface area contributed by atoms with Crippen LogP contribution in [0.4, 0.5) is 0 Å². The first-order valence-corrected chi connectivity index (χ1v) is 5.31. The van der Waals surface area contributed by atoms with Crippen molar-refractivity contribution in [1.29, 1.82) is 0 Å². The first-order valence-electron chi connectivity index (χ1n) is 5.31. The molecule has 1 heterocycles. The summed E-state index contributed by atoms with van der Waals surface area (Å²) in [6, 6.07) is 1.000. The summed E-state index contributed by atoms with van der Waals surface area (Å²) in [5, 5.41) is 6.83. The van der Waals surface area contributed by atoms with E-state index in [0.29, 0.717) is 12.1 Å². The molecule has 14 heavy (non-hydrogen) atoms. The summed E-state index contributed by atoms with van der Waals surface area (Å²) in [5.74, 6) is 2.62. The number of ether oxygens (including phenoxy) is 1. The van der Waals surface area contributed by atoms with Gasteiger partial charge in [0.05, 0.1) is 13.2 Å². The second-order valence-corrected chi connectivity index (χ2v) is 3.77. The summed E-state index contributed by atoms with van der Waals surface area (Å²) in [7, 11) is 0. The van der Waals surface area contributed by atoms with E-state index in [1.807, 2.05) is 0 Å². The van der Waals surface area contributed by atoms with E-state index in [0.717, 1.165) is 39.1 Å². The molecule has 2 N–H and O–H groups in total. The molecular weight excluding hydrogens is 176 g/mol. The van der Waals surface area contributed by atoms with Crippen molar-refractivity contribution in [2.24, 2.45) is 0 Å². The quantitative estimate of drug-likeness (QED) is 0.492. The lowest BCUT2D eigenvalue weighted by Gasteiger charge is -2.26. The predicted octanol–water partition coefficient (Wildman–Crippen LogP) is 0.366. The monoisotopic (exact) mass is 196 g/mol. The molecule has 0 bridgehead atoms. The second-order valence-electron chi connectivity index (χ2n) is 3.77.